The van der Waals surface area contributed by atoms with Crippen LogP contribution in [0.25, 0.3) is 0 Å². The molecule has 0 fully saturated rings. The van der Waals surface area contributed by atoms with E-state index in [2.05, 4.69) is 0 Å². The standard InChI is InChI=1S/C16H16ClNO2/c1-12-4-2-3-5-15(12)18(20)11-10-16(19)13-6-8-14(17)9-7-13/h2-9,20H,10-11H2,1H3. The van der Waals surface area contributed by atoms with Crippen LogP contribution in [0.1, 0.15) is 22.3 Å². The van der Waals surface area contributed by atoms with Gasteiger partial charge in [-0.1, -0.05) is 29.8 Å². The topological polar surface area (TPSA) is 40.5 Å². The second-order valence-corrected chi connectivity index (χ2v) is 5.03. The van der Waals surface area contributed by atoms with Crippen LogP contribution in [0.3, 0.4) is 0 Å². The zero-order valence-corrected chi connectivity index (χ0v) is 12.0. The predicted molar refractivity (Wildman–Crippen MR) is 80.7 cm³/mol. The third kappa shape index (κ3) is 3.59. The molecule has 0 atom stereocenters. The Morgan fingerprint density at radius 1 is 1.15 bits per heavy atom. The highest BCUT2D eigenvalue weighted by molar-refractivity contribution is 6.30. The molecule has 4 heteroatoms. The Bertz CT molecular complexity index is 596. The molecule has 0 spiro atoms. The largest absolute Gasteiger partial charge is 0.294 e. The van der Waals surface area contributed by atoms with Gasteiger partial charge in [0.15, 0.2) is 5.78 Å². The number of hydrogen-bond acceptors (Lipinski definition) is 3. The summed E-state index contributed by atoms with van der Waals surface area (Å²) in [7, 11) is 0. The van der Waals surface area contributed by atoms with Crippen LogP contribution in [0.15, 0.2) is 48.5 Å². The molecule has 0 amide bonds. The molecule has 2 aromatic rings. The quantitative estimate of drug-likeness (QED) is 0.665. The average molecular weight is 290 g/mol. The monoisotopic (exact) mass is 289 g/mol. The number of carbonyl (C=O) groups excluding carboxylic acids is 1. The van der Waals surface area contributed by atoms with Crippen molar-refractivity contribution in [3.8, 4) is 0 Å². The molecule has 0 aliphatic heterocycles. The normalized spacial score (nSPS) is 10.3. The molecule has 0 unspecified atom stereocenters. The maximum atomic E-state index is 12.0. The lowest BCUT2D eigenvalue weighted by atomic mass is 10.1. The second kappa shape index (κ2) is 6.55. The van der Waals surface area contributed by atoms with Crippen LogP contribution >= 0.6 is 11.6 Å². The van der Waals surface area contributed by atoms with Crippen LogP contribution in [0.5, 0.6) is 0 Å². The van der Waals surface area contributed by atoms with Gasteiger partial charge in [0.25, 0.3) is 0 Å². The highest BCUT2D eigenvalue weighted by Gasteiger charge is 2.10. The summed E-state index contributed by atoms with van der Waals surface area (Å²) in [6.45, 7) is 2.17. The number of ketones is 1. The molecule has 0 heterocycles. The summed E-state index contributed by atoms with van der Waals surface area (Å²) in [4.78, 5) is 12.0. The molecular formula is C16H16ClNO2. The summed E-state index contributed by atoms with van der Waals surface area (Å²) < 4.78 is 0. The van der Waals surface area contributed by atoms with E-state index < -0.39 is 0 Å². The van der Waals surface area contributed by atoms with Crippen molar-refractivity contribution in [1.82, 2.24) is 0 Å². The lowest BCUT2D eigenvalue weighted by molar-refractivity contribution is 0.0974. The molecule has 104 valence electrons. The molecule has 2 aromatic carbocycles. The number of halogens is 1. The van der Waals surface area contributed by atoms with Gasteiger partial charge >= 0.3 is 0 Å². The molecule has 0 aliphatic rings. The number of aryl methyl sites for hydroxylation is 1. The molecule has 0 saturated heterocycles. The molecule has 3 nitrogen and oxygen atoms in total. The Labute approximate surface area is 123 Å². The lowest BCUT2D eigenvalue weighted by Gasteiger charge is -2.18. The molecule has 1 N–H and O–H groups in total. The zero-order valence-electron chi connectivity index (χ0n) is 11.2. The van der Waals surface area contributed by atoms with Gasteiger partial charge in [-0.2, -0.15) is 0 Å². The van der Waals surface area contributed by atoms with Crippen molar-refractivity contribution in [2.75, 3.05) is 11.6 Å². The van der Waals surface area contributed by atoms with Gasteiger partial charge in [-0.3, -0.25) is 15.1 Å². The van der Waals surface area contributed by atoms with Crippen LogP contribution < -0.4 is 5.06 Å². The van der Waals surface area contributed by atoms with Crippen molar-refractivity contribution in [3.63, 3.8) is 0 Å². The van der Waals surface area contributed by atoms with Gasteiger partial charge in [-0.05, 0) is 42.8 Å². The van der Waals surface area contributed by atoms with E-state index in [1.807, 2.05) is 31.2 Å². The van der Waals surface area contributed by atoms with Gasteiger partial charge in [-0.25, -0.2) is 0 Å². The van der Waals surface area contributed by atoms with E-state index in [1.54, 1.807) is 24.3 Å². The highest BCUT2D eigenvalue weighted by atomic mass is 35.5. The Morgan fingerprint density at radius 2 is 1.80 bits per heavy atom. The van der Waals surface area contributed by atoms with E-state index in [9.17, 15) is 10.0 Å². The van der Waals surface area contributed by atoms with Crippen LogP contribution in [-0.2, 0) is 0 Å². The number of carbonyl (C=O) groups is 1. The van der Waals surface area contributed by atoms with E-state index in [0.29, 0.717) is 10.6 Å². The minimum absolute atomic E-state index is 0.0192. The third-order valence-electron chi connectivity index (χ3n) is 3.11. The van der Waals surface area contributed by atoms with Crippen molar-refractivity contribution in [2.24, 2.45) is 0 Å². The summed E-state index contributed by atoms with van der Waals surface area (Å²) in [6.07, 6.45) is 0.243. The summed E-state index contributed by atoms with van der Waals surface area (Å²) in [5.41, 5.74) is 2.29. The van der Waals surface area contributed by atoms with E-state index >= 15 is 0 Å². The number of benzene rings is 2. The van der Waals surface area contributed by atoms with Crippen molar-refractivity contribution >= 4 is 23.1 Å². The second-order valence-electron chi connectivity index (χ2n) is 4.59. The number of anilines is 1. The maximum Gasteiger partial charge on any atom is 0.164 e. The highest BCUT2D eigenvalue weighted by Crippen LogP contribution is 2.18. The minimum Gasteiger partial charge on any atom is -0.294 e. The number of nitrogens with zero attached hydrogens (tertiary/aromatic N) is 1. The Hall–Kier alpha value is -1.84. The first-order chi connectivity index (χ1) is 9.58. The van der Waals surface area contributed by atoms with Gasteiger partial charge in [0.2, 0.25) is 0 Å². The van der Waals surface area contributed by atoms with Crippen molar-refractivity contribution < 1.29 is 10.0 Å². The fourth-order valence-electron chi connectivity index (χ4n) is 1.96. The Balaban J connectivity index is 1.97. The van der Waals surface area contributed by atoms with Crippen LogP contribution in [0, 0.1) is 6.92 Å². The fourth-order valence-corrected chi connectivity index (χ4v) is 2.09. The first kappa shape index (κ1) is 14.6. The Kier molecular flexibility index (Phi) is 4.77. The SMILES string of the molecule is Cc1ccccc1N(O)CCC(=O)c1ccc(Cl)cc1. The van der Waals surface area contributed by atoms with Gasteiger partial charge in [0.1, 0.15) is 0 Å². The molecule has 0 radical (unpaired) electrons. The smallest absolute Gasteiger partial charge is 0.164 e. The van der Waals surface area contributed by atoms with Gasteiger partial charge in [0.05, 0.1) is 12.2 Å². The first-order valence-electron chi connectivity index (χ1n) is 6.39. The summed E-state index contributed by atoms with van der Waals surface area (Å²) in [5, 5.41) is 11.7. The summed E-state index contributed by atoms with van der Waals surface area (Å²) >= 11 is 5.78. The summed E-state index contributed by atoms with van der Waals surface area (Å²) in [6, 6.07) is 14.3. The van der Waals surface area contributed by atoms with Gasteiger partial charge in [0, 0.05) is 17.0 Å². The number of hydroxylamine groups is 1. The van der Waals surface area contributed by atoms with Crippen molar-refractivity contribution in [2.45, 2.75) is 13.3 Å². The molecule has 0 aromatic heterocycles. The molecule has 0 saturated carbocycles. The average Bonchev–Trinajstić information content (AvgIpc) is 2.45. The lowest BCUT2D eigenvalue weighted by Crippen LogP contribution is -2.22. The molecule has 20 heavy (non-hydrogen) atoms. The number of hydrogen-bond donors (Lipinski definition) is 1. The van der Waals surface area contributed by atoms with Crippen LogP contribution in [-0.4, -0.2) is 17.5 Å². The molecule has 0 bridgehead atoms. The molecular weight excluding hydrogens is 274 g/mol. The van der Waals surface area contributed by atoms with E-state index in [1.165, 1.54) is 0 Å². The van der Waals surface area contributed by atoms with Gasteiger partial charge < -0.3 is 0 Å². The molecule has 2 rings (SSSR count). The fraction of sp³-hybridized carbons (Fsp3) is 0.188. The first-order valence-corrected chi connectivity index (χ1v) is 6.76. The number of rotatable bonds is 5. The predicted octanol–water partition coefficient (Wildman–Crippen LogP) is 4.12. The van der Waals surface area contributed by atoms with Crippen LogP contribution in [0.4, 0.5) is 5.69 Å². The molecule has 0 aliphatic carbocycles. The van der Waals surface area contributed by atoms with Crippen molar-refractivity contribution in [1.29, 1.82) is 0 Å². The van der Waals surface area contributed by atoms with E-state index in [-0.39, 0.29) is 18.7 Å². The third-order valence-corrected chi connectivity index (χ3v) is 3.36. The van der Waals surface area contributed by atoms with E-state index in [4.69, 9.17) is 11.6 Å². The van der Waals surface area contributed by atoms with Crippen molar-refractivity contribution in [3.05, 3.63) is 64.7 Å². The van der Waals surface area contributed by atoms with E-state index in [0.717, 1.165) is 16.3 Å². The zero-order chi connectivity index (χ0) is 14.5. The van der Waals surface area contributed by atoms with Crippen LogP contribution in [0.2, 0.25) is 5.02 Å². The Morgan fingerprint density at radius 3 is 2.45 bits per heavy atom. The maximum absolute atomic E-state index is 12.0. The number of Topliss-reactive ketones (excluding diaryl/α,β-unsaturated/α-hetero) is 1. The minimum atomic E-state index is -0.0192. The summed E-state index contributed by atoms with van der Waals surface area (Å²) in [5.74, 6) is -0.0192. The van der Waals surface area contributed by atoms with Gasteiger partial charge in [-0.15, -0.1) is 0 Å². The number of para-hydroxylation sites is 1.